The number of nitrogens with zero attached hydrogens (tertiary/aromatic N) is 2. The molecule has 1 fully saturated rings. The molecule has 1 saturated heterocycles. The van der Waals surface area contributed by atoms with E-state index < -0.39 is 0 Å². The molecule has 2 aliphatic rings. The lowest BCUT2D eigenvalue weighted by Gasteiger charge is -2.28. The number of hydrogen-bond acceptors (Lipinski definition) is 3. The molecular weight excluding hydrogens is 284 g/mol. The van der Waals surface area contributed by atoms with Crippen molar-refractivity contribution >= 4 is 29.1 Å². The van der Waals surface area contributed by atoms with Crippen LogP contribution in [0.25, 0.3) is 5.57 Å². The maximum Gasteiger partial charge on any atom is 0.242 e. The third kappa shape index (κ3) is 3.29. The molecule has 110 valence electrons. The second kappa shape index (κ2) is 6.35. The van der Waals surface area contributed by atoms with Crippen molar-refractivity contribution in [3.05, 3.63) is 42.0 Å². The van der Waals surface area contributed by atoms with Crippen LogP contribution >= 0.6 is 11.8 Å². The summed E-state index contributed by atoms with van der Waals surface area (Å²) in [5.74, 6) is 1.27. The SMILES string of the molecule is O=C(CN1CSCC1=O)N1CC=C(c2ccccc2)CC1. The van der Waals surface area contributed by atoms with Gasteiger partial charge in [0, 0.05) is 13.1 Å². The Morgan fingerprint density at radius 2 is 2.05 bits per heavy atom. The minimum Gasteiger partial charge on any atom is -0.337 e. The first-order valence-corrected chi connectivity index (χ1v) is 8.27. The molecule has 0 spiro atoms. The number of carbonyl (C=O) groups is 2. The molecule has 21 heavy (non-hydrogen) atoms. The second-order valence-electron chi connectivity index (χ2n) is 5.25. The van der Waals surface area contributed by atoms with Crippen molar-refractivity contribution in [2.75, 3.05) is 31.3 Å². The molecule has 3 rings (SSSR count). The summed E-state index contributed by atoms with van der Waals surface area (Å²) in [7, 11) is 0. The first kappa shape index (κ1) is 14.2. The van der Waals surface area contributed by atoms with E-state index in [0.717, 1.165) is 13.0 Å². The minimum absolute atomic E-state index is 0.0502. The predicted molar refractivity (Wildman–Crippen MR) is 84.7 cm³/mol. The summed E-state index contributed by atoms with van der Waals surface area (Å²) in [4.78, 5) is 27.3. The number of carbonyl (C=O) groups excluding carboxylic acids is 2. The number of thioether (sulfide) groups is 1. The van der Waals surface area contributed by atoms with Gasteiger partial charge in [-0.15, -0.1) is 11.8 Å². The molecule has 0 unspecified atom stereocenters. The number of hydrogen-bond donors (Lipinski definition) is 0. The van der Waals surface area contributed by atoms with Crippen LogP contribution in [0.15, 0.2) is 36.4 Å². The van der Waals surface area contributed by atoms with Crippen LogP contribution in [0.2, 0.25) is 0 Å². The maximum absolute atomic E-state index is 12.2. The molecule has 0 atom stereocenters. The van der Waals surface area contributed by atoms with Crippen molar-refractivity contribution in [3.8, 4) is 0 Å². The van der Waals surface area contributed by atoms with Crippen LogP contribution in [0.4, 0.5) is 0 Å². The average Bonchev–Trinajstić information content (AvgIpc) is 2.93. The van der Waals surface area contributed by atoms with Crippen molar-refractivity contribution in [1.82, 2.24) is 9.80 Å². The first-order valence-electron chi connectivity index (χ1n) is 7.12. The summed E-state index contributed by atoms with van der Waals surface area (Å²) in [6.45, 7) is 1.59. The Hall–Kier alpha value is -1.75. The van der Waals surface area contributed by atoms with Gasteiger partial charge in [0.25, 0.3) is 0 Å². The van der Waals surface area contributed by atoms with Crippen molar-refractivity contribution < 1.29 is 9.59 Å². The lowest BCUT2D eigenvalue weighted by molar-refractivity contribution is -0.137. The fourth-order valence-electron chi connectivity index (χ4n) is 2.61. The molecule has 0 N–H and O–H groups in total. The van der Waals surface area contributed by atoms with Crippen molar-refractivity contribution in [1.29, 1.82) is 0 Å². The molecule has 2 amide bonds. The Bertz CT molecular complexity index is 571. The van der Waals surface area contributed by atoms with E-state index >= 15 is 0 Å². The van der Waals surface area contributed by atoms with Gasteiger partial charge in [-0.25, -0.2) is 0 Å². The van der Waals surface area contributed by atoms with Crippen molar-refractivity contribution in [2.24, 2.45) is 0 Å². The number of amides is 2. The van der Waals surface area contributed by atoms with Gasteiger partial charge >= 0.3 is 0 Å². The molecular formula is C16H18N2O2S. The largest absolute Gasteiger partial charge is 0.337 e. The van der Waals surface area contributed by atoms with E-state index in [0.29, 0.717) is 18.2 Å². The normalized spacial score (nSPS) is 18.9. The van der Waals surface area contributed by atoms with Gasteiger partial charge in [0.1, 0.15) is 6.54 Å². The molecule has 2 heterocycles. The fraction of sp³-hybridized carbons (Fsp3) is 0.375. The molecule has 0 saturated carbocycles. The predicted octanol–water partition coefficient (Wildman–Crippen LogP) is 1.84. The van der Waals surface area contributed by atoms with Crippen LogP contribution in [0.1, 0.15) is 12.0 Å². The Balaban J connectivity index is 1.58. The van der Waals surface area contributed by atoms with Crippen LogP contribution in [-0.2, 0) is 9.59 Å². The first-order chi connectivity index (χ1) is 10.2. The quantitative estimate of drug-likeness (QED) is 0.855. The molecule has 2 aliphatic heterocycles. The van der Waals surface area contributed by atoms with Gasteiger partial charge in [-0.1, -0.05) is 36.4 Å². The Kier molecular flexibility index (Phi) is 4.29. The zero-order valence-corrected chi connectivity index (χ0v) is 12.6. The van der Waals surface area contributed by atoms with E-state index in [4.69, 9.17) is 0 Å². The minimum atomic E-state index is 0.0502. The van der Waals surface area contributed by atoms with Crippen molar-refractivity contribution in [2.45, 2.75) is 6.42 Å². The highest BCUT2D eigenvalue weighted by Gasteiger charge is 2.26. The van der Waals surface area contributed by atoms with Gasteiger partial charge < -0.3 is 9.80 Å². The summed E-state index contributed by atoms with van der Waals surface area (Å²) in [6.07, 6.45) is 3.00. The van der Waals surface area contributed by atoms with E-state index in [2.05, 4.69) is 18.2 Å². The number of rotatable bonds is 3. The van der Waals surface area contributed by atoms with E-state index in [1.807, 2.05) is 23.1 Å². The lowest BCUT2D eigenvalue weighted by atomic mass is 9.99. The standard InChI is InChI=1S/C16H18N2O2S/c19-15(10-18-12-21-11-16(18)20)17-8-6-14(7-9-17)13-4-2-1-3-5-13/h1-6H,7-12H2. The molecule has 0 bridgehead atoms. The lowest BCUT2D eigenvalue weighted by Crippen LogP contribution is -2.42. The van der Waals surface area contributed by atoms with E-state index in [9.17, 15) is 9.59 Å². The summed E-state index contributed by atoms with van der Waals surface area (Å²) in [5, 5.41) is 0. The van der Waals surface area contributed by atoms with E-state index in [1.165, 1.54) is 11.1 Å². The highest BCUT2D eigenvalue weighted by atomic mass is 32.2. The Morgan fingerprint density at radius 1 is 1.24 bits per heavy atom. The summed E-state index contributed by atoms with van der Waals surface area (Å²) in [6, 6.07) is 10.3. The third-order valence-electron chi connectivity index (χ3n) is 3.86. The average molecular weight is 302 g/mol. The zero-order valence-electron chi connectivity index (χ0n) is 11.8. The van der Waals surface area contributed by atoms with E-state index in [1.54, 1.807) is 16.7 Å². The molecule has 1 aromatic carbocycles. The van der Waals surface area contributed by atoms with E-state index in [-0.39, 0.29) is 18.4 Å². The molecule has 4 nitrogen and oxygen atoms in total. The summed E-state index contributed by atoms with van der Waals surface area (Å²) < 4.78 is 0. The van der Waals surface area contributed by atoms with Crippen LogP contribution in [0.5, 0.6) is 0 Å². The van der Waals surface area contributed by atoms with Gasteiger partial charge in [0.15, 0.2) is 0 Å². The fourth-order valence-corrected chi connectivity index (χ4v) is 3.52. The highest BCUT2D eigenvalue weighted by molar-refractivity contribution is 8.00. The van der Waals surface area contributed by atoms with Crippen LogP contribution in [-0.4, -0.2) is 52.9 Å². The monoisotopic (exact) mass is 302 g/mol. The van der Waals surface area contributed by atoms with Gasteiger partial charge in [-0.3, -0.25) is 9.59 Å². The van der Waals surface area contributed by atoms with Gasteiger partial charge in [0.2, 0.25) is 11.8 Å². The van der Waals surface area contributed by atoms with Gasteiger partial charge in [-0.05, 0) is 17.6 Å². The molecule has 0 aromatic heterocycles. The second-order valence-corrected chi connectivity index (χ2v) is 6.21. The Labute approximate surface area is 128 Å². The topological polar surface area (TPSA) is 40.6 Å². The van der Waals surface area contributed by atoms with Crippen LogP contribution < -0.4 is 0 Å². The molecule has 5 heteroatoms. The maximum atomic E-state index is 12.2. The van der Waals surface area contributed by atoms with Crippen molar-refractivity contribution in [3.63, 3.8) is 0 Å². The van der Waals surface area contributed by atoms with Crippen LogP contribution in [0.3, 0.4) is 0 Å². The summed E-state index contributed by atoms with van der Waals surface area (Å²) in [5.41, 5.74) is 2.53. The highest BCUT2D eigenvalue weighted by Crippen LogP contribution is 2.22. The van der Waals surface area contributed by atoms with Gasteiger partial charge in [-0.2, -0.15) is 0 Å². The van der Waals surface area contributed by atoms with Gasteiger partial charge in [0.05, 0.1) is 11.6 Å². The molecule has 0 radical (unpaired) electrons. The zero-order chi connectivity index (χ0) is 14.7. The Morgan fingerprint density at radius 3 is 2.67 bits per heavy atom. The summed E-state index contributed by atoms with van der Waals surface area (Å²) >= 11 is 1.57. The number of benzene rings is 1. The van der Waals surface area contributed by atoms with Crippen LogP contribution in [0, 0.1) is 0 Å². The molecule has 0 aliphatic carbocycles. The third-order valence-corrected chi connectivity index (χ3v) is 4.80. The smallest absolute Gasteiger partial charge is 0.242 e. The molecule has 1 aromatic rings.